The summed E-state index contributed by atoms with van der Waals surface area (Å²) >= 11 is 3.38. The van der Waals surface area contributed by atoms with E-state index in [2.05, 4.69) is 31.1 Å². The molecule has 1 aromatic heterocycles. The average Bonchev–Trinajstić information content (AvgIpc) is 3.26. The number of hydrogen-bond acceptors (Lipinski definition) is 4. The second kappa shape index (κ2) is 6.88. The number of carbonyl (C=O) groups is 1. The lowest BCUT2D eigenvalue weighted by Gasteiger charge is -2.23. The lowest BCUT2D eigenvalue weighted by Crippen LogP contribution is -2.40. The molecule has 1 aliphatic rings. The number of aromatic nitrogens is 1. The molecule has 0 aliphatic carbocycles. The van der Waals surface area contributed by atoms with Crippen LogP contribution in [0.1, 0.15) is 23.2 Å². The molecule has 5 nitrogen and oxygen atoms in total. The highest BCUT2D eigenvalue weighted by Crippen LogP contribution is 2.28. The van der Waals surface area contributed by atoms with Crippen molar-refractivity contribution >= 4 is 39.0 Å². The number of benzene rings is 2. The Morgan fingerprint density at radius 2 is 2.04 bits per heavy atom. The van der Waals surface area contributed by atoms with Crippen LogP contribution in [0.15, 0.2) is 57.4 Å². The third-order valence-electron chi connectivity index (χ3n) is 4.51. The fraction of sp³-hybridized carbons (Fsp3) is 0.263. The molecule has 1 unspecified atom stereocenters. The minimum Gasteiger partial charge on any atom is -0.423 e. The highest BCUT2D eigenvalue weighted by atomic mass is 79.9. The molecule has 0 saturated carbocycles. The number of amides is 1. The van der Waals surface area contributed by atoms with Gasteiger partial charge in [0.25, 0.3) is 11.9 Å². The second-order valence-electron chi connectivity index (χ2n) is 6.17. The third-order valence-corrected chi connectivity index (χ3v) is 5.04. The summed E-state index contributed by atoms with van der Waals surface area (Å²) in [5, 5.41) is 3.03. The van der Waals surface area contributed by atoms with Crippen LogP contribution in [0.3, 0.4) is 0 Å². The molecule has 0 radical (unpaired) electrons. The summed E-state index contributed by atoms with van der Waals surface area (Å²) in [6.45, 7) is 1.47. The monoisotopic (exact) mass is 399 g/mol. The van der Waals surface area contributed by atoms with E-state index in [1.165, 1.54) is 0 Å². The number of para-hydroxylation sites is 2. The van der Waals surface area contributed by atoms with Crippen molar-refractivity contribution < 1.29 is 9.21 Å². The largest absolute Gasteiger partial charge is 0.423 e. The Morgan fingerprint density at radius 3 is 2.84 bits per heavy atom. The SMILES string of the molecule is O=C(NCC1CCCN1c1nc2ccccc2o1)c1ccc(Br)cc1. The Hall–Kier alpha value is -2.34. The van der Waals surface area contributed by atoms with Gasteiger partial charge in [0.2, 0.25) is 0 Å². The average molecular weight is 400 g/mol. The number of hydrogen-bond donors (Lipinski definition) is 1. The van der Waals surface area contributed by atoms with Gasteiger partial charge in [0.1, 0.15) is 5.52 Å². The first-order valence-electron chi connectivity index (χ1n) is 8.37. The molecule has 0 bridgehead atoms. The minimum atomic E-state index is -0.0584. The van der Waals surface area contributed by atoms with Gasteiger partial charge in [-0.1, -0.05) is 28.1 Å². The molecule has 0 spiro atoms. The quantitative estimate of drug-likeness (QED) is 0.720. The molecule has 1 saturated heterocycles. The summed E-state index contributed by atoms with van der Waals surface area (Å²) in [4.78, 5) is 19.0. The molecule has 1 fully saturated rings. The van der Waals surface area contributed by atoms with Crippen LogP contribution < -0.4 is 10.2 Å². The summed E-state index contributed by atoms with van der Waals surface area (Å²) in [5.41, 5.74) is 2.32. The summed E-state index contributed by atoms with van der Waals surface area (Å²) in [6, 6.07) is 16.0. The van der Waals surface area contributed by atoms with Crippen molar-refractivity contribution in [2.24, 2.45) is 0 Å². The van der Waals surface area contributed by atoms with Crippen LogP contribution >= 0.6 is 15.9 Å². The van der Waals surface area contributed by atoms with Crippen molar-refractivity contribution in [1.29, 1.82) is 0 Å². The van der Waals surface area contributed by atoms with E-state index in [1.807, 2.05) is 48.5 Å². The summed E-state index contributed by atoms with van der Waals surface area (Å²) < 4.78 is 6.84. The molecule has 25 heavy (non-hydrogen) atoms. The highest BCUT2D eigenvalue weighted by Gasteiger charge is 2.28. The first-order chi connectivity index (χ1) is 12.2. The Kier molecular flexibility index (Phi) is 4.44. The zero-order valence-corrected chi connectivity index (χ0v) is 15.2. The number of halogens is 1. The highest BCUT2D eigenvalue weighted by molar-refractivity contribution is 9.10. The van der Waals surface area contributed by atoms with E-state index < -0.39 is 0 Å². The van der Waals surface area contributed by atoms with Gasteiger partial charge in [-0.05, 0) is 49.2 Å². The standard InChI is InChI=1S/C19H18BrN3O2/c20-14-9-7-13(8-10-14)18(24)21-12-15-4-3-11-23(15)19-22-16-5-1-2-6-17(16)25-19/h1-2,5-10,15H,3-4,11-12H2,(H,21,24). The van der Waals surface area contributed by atoms with E-state index in [0.717, 1.165) is 35.0 Å². The number of oxazole rings is 1. The minimum absolute atomic E-state index is 0.0584. The van der Waals surface area contributed by atoms with Crippen molar-refractivity contribution in [1.82, 2.24) is 10.3 Å². The summed E-state index contributed by atoms with van der Waals surface area (Å²) in [6.07, 6.45) is 2.08. The Labute approximate surface area is 154 Å². The van der Waals surface area contributed by atoms with Gasteiger partial charge < -0.3 is 14.6 Å². The van der Waals surface area contributed by atoms with Crippen LogP contribution in [0, 0.1) is 0 Å². The lowest BCUT2D eigenvalue weighted by atomic mass is 10.2. The maximum absolute atomic E-state index is 12.3. The predicted octanol–water partition coefficient (Wildman–Crippen LogP) is 3.99. The maximum Gasteiger partial charge on any atom is 0.298 e. The number of carbonyl (C=O) groups excluding carboxylic acids is 1. The predicted molar refractivity (Wildman–Crippen MR) is 101 cm³/mol. The van der Waals surface area contributed by atoms with Crippen LogP contribution in [-0.4, -0.2) is 30.0 Å². The van der Waals surface area contributed by atoms with Crippen molar-refractivity contribution in [3.63, 3.8) is 0 Å². The van der Waals surface area contributed by atoms with Gasteiger partial charge in [0.05, 0.1) is 6.04 Å². The van der Waals surface area contributed by atoms with Crippen LogP contribution in [0.4, 0.5) is 6.01 Å². The second-order valence-corrected chi connectivity index (χ2v) is 7.09. The molecule has 1 N–H and O–H groups in total. The zero-order chi connectivity index (χ0) is 17.2. The first-order valence-corrected chi connectivity index (χ1v) is 9.16. The van der Waals surface area contributed by atoms with E-state index >= 15 is 0 Å². The molecular formula is C19H18BrN3O2. The molecule has 2 heterocycles. The fourth-order valence-electron chi connectivity index (χ4n) is 3.20. The van der Waals surface area contributed by atoms with Gasteiger partial charge >= 0.3 is 0 Å². The van der Waals surface area contributed by atoms with Crippen LogP contribution in [0.5, 0.6) is 0 Å². The maximum atomic E-state index is 12.3. The van der Waals surface area contributed by atoms with Crippen LogP contribution in [0.2, 0.25) is 0 Å². The Balaban J connectivity index is 1.44. The lowest BCUT2D eigenvalue weighted by molar-refractivity contribution is 0.0951. The molecule has 6 heteroatoms. The molecule has 3 aromatic rings. The number of nitrogens with zero attached hydrogens (tertiary/aromatic N) is 2. The summed E-state index contributed by atoms with van der Waals surface area (Å²) in [7, 11) is 0. The third kappa shape index (κ3) is 3.39. The van der Waals surface area contributed by atoms with Crippen LogP contribution in [-0.2, 0) is 0 Å². The van der Waals surface area contributed by atoms with Crippen molar-refractivity contribution in [3.05, 3.63) is 58.6 Å². The molecule has 128 valence electrons. The smallest absolute Gasteiger partial charge is 0.298 e. The van der Waals surface area contributed by atoms with E-state index in [0.29, 0.717) is 18.1 Å². The van der Waals surface area contributed by atoms with Gasteiger partial charge in [-0.3, -0.25) is 4.79 Å². The Morgan fingerprint density at radius 1 is 1.24 bits per heavy atom. The van der Waals surface area contributed by atoms with E-state index in [4.69, 9.17) is 4.42 Å². The Bertz CT molecular complexity index is 858. The number of nitrogens with one attached hydrogen (secondary N) is 1. The van der Waals surface area contributed by atoms with Gasteiger partial charge in [-0.25, -0.2) is 0 Å². The van der Waals surface area contributed by atoms with E-state index in [1.54, 1.807) is 0 Å². The fourth-order valence-corrected chi connectivity index (χ4v) is 3.46. The molecule has 1 amide bonds. The van der Waals surface area contributed by atoms with Crippen molar-refractivity contribution in [2.45, 2.75) is 18.9 Å². The number of rotatable bonds is 4. The zero-order valence-electron chi connectivity index (χ0n) is 13.6. The van der Waals surface area contributed by atoms with Gasteiger partial charge in [0.15, 0.2) is 5.58 Å². The van der Waals surface area contributed by atoms with Crippen LogP contribution in [0.25, 0.3) is 11.1 Å². The van der Waals surface area contributed by atoms with Gasteiger partial charge in [0, 0.05) is 23.1 Å². The first kappa shape index (κ1) is 16.1. The topological polar surface area (TPSA) is 58.4 Å². The molecule has 4 rings (SSSR count). The summed E-state index contributed by atoms with van der Waals surface area (Å²) in [5.74, 6) is -0.0584. The van der Waals surface area contributed by atoms with Crippen molar-refractivity contribution in [3.8, 4) is 0 Å². The van der Waals surface area contributed by atoms with Gasteiger partial charge in [-0.15, -0.1) is 0 Å². The van der Waals surface area contributed by atoms with Crippen molar-refractivity contribution in [2.75, 3.05) is 18.0 Å². The molecule has 2 aromatic carbocycles. The molecule has 1 atom stereocenters. The molecule has 1 aliphatic heterocycles. The van der Waals surface area contributed by atoms with E-state index in [-0.39, 0.29) is 11.9 Å². The number of fused-ring (bicyclic) bond motifs is 1. The molecular weight excluding hydrogens is 382 g/mol. The number of anilines is 1. The van der Waals surface area contributed by atoms with E-state index in [9.17, 15) is 4.79 Å². The normalized spacial score (nSPS) is 17.2. The van der Waals surface area contributed by atoms with Gasteiger partial charge in [-0.2, -0.15) is 4.98 Å².